The van der Waals surface area contributed by atoms with E-state index in [0.29, 0.717) is 31.5 Å². The molecule has 2 aromatic rings. The Labute approximate surface area is 188 Å². The van der Waals surface area contributed by atoms with Crippen LogP contribution in [-0.4, -0.2) is 42.7 Å². The molecule has 8 heteroatoms. The molecule has 0 N–H and O–H groups in total. The van der Waals surface area contributed by atoms with Crippen molar-refractivity contribution in [3.05, 3.63) is 53.2 Å². The van der Waals surface area contributed by atoms with Crippen molar-refractivity contribution in [3.8, 4) is 0 Å². The van der Waals surface area contributed by atoms with Gasteiger partial charge in [0.15, 0.2) is 0 Å². The summed E-state index contributed by atoms with van der Waals surface area (Å²) in [7, 11) is -3.97. The molecule has 6 nitrogen and oxygen atoms in total. The second-order valence-corrected chi connectivity index (χ2v) is 11.3. The van der Waals surface area contributed by atoms with E-state index in [2.05, 4.69) is 6.92 Å². The van der Waals surface area contributed by atoms with Gasteiger partial charge in [0.1, 0.15) is 22.2 Å². The van der Waals surface area contributed by atoms with Crippen molar-refractivity contribution in [2.24, 2.45) is 5.92 Å². The molecule has 0 bridgehead atoms. The maximum atomic E-state index is 14.6. The van der Waals surface area contributed by atoms with Gasteiger partial charge in [-0.3, -0.25) is 4.79 Å². The molecule has 2 saturated carbocycles. The average Bonchev–Trinajstić information content (AvgIpc) is 3.72. The van der Waals surface area contributed by atoms with Gasteiger partial charge in [-0.05, 0) is 68.4 Å². The van der Waals surface area contributed by atoms with Gasteiger partial charge >= 0.3 is 0 Å². The van der Waals surface area contributed by atoms with Crippen LogP contribution in [0.3, 0.4) is 0 Å². The van der Waals surface area contributed by atoms with E-state index >= 15 is 0 Å². The van der Waals surface area contributed by atoms with E-state index in [1.54, 1.807) is 4.90 Å². The van der Waals surface area contributed by atoms with Crippen molar-refractivity contribution in [2.75, 3.05) is 13.1 Å². The number of piperidine rings is 1. The summed E-state index contributed by atoms with van der Waals surface area (Å²) < 4.78 is 48.0. The van der Waals surface area contributed by atoms with Crippen LogP contribution in [0.2, 0.25) is 0 Å². The Morgan fingerprint density at radius 1 is 1.16 bits per heavy atom. The maximum absolute atomic E-state index is 14.6. The van der Waals surface area contributed by atoms with Gasteiger partial charge in [0, 0.05) is 30.6 Å². The van der Waals surface area contributed by atoms with Gasteiger partial charge < -0.3 is 9.32 Å². The van der Waals surface area contributed by atoms with Gasteiger partial charge in [0.2, 0.25) is 10.0 Å². The van der Waals surface area contributed by atoms with Crippen molar-refractivity contribution >= 4 is 15.9 Å². The topological polar surface area (TPSA) is 70.8 Å². The zero-order valence-corrected chi connectivity index (χ0v) is 19.1. The number of carbonyl (C=O) groups is 1. The quantitative estimate of drug-likeness (QED) is 0.609. The summed E-state index contributed by atoms with van der Waals surface area (Å²) in [5.41, 5.74) is 0.191. The molecule has 3 fully saturated rings. The normalized spacial score (nSPS) is 23.8. The first kappa shape index (κ1) is 21.6. The predicted octanol–water partition coefficient (Wildman–Crippen LogP) is 4.52. The number of rotatable bonds is 7. The fourth-order valence-electron chi connectivity index (χ4n) is 4.56. The Bertz CT molecular complexity index is 1120. The molecule has 32 heavy (non-hydrogen) atoms. The summed E-state index contributed by atoms with van der Waals surface area (Å²) in [4.78, 5) is 14.7. The summed E-state index contributed by atoms with van der Waals surface area (Å²) in [6.45, 7) is 3.29. The first-order valence-electron chi connectivity index (χ1n) is 11.5. The molecule has 1 aromatic carbocycles. The third-order valence-electron chi connectivity index (χ3n) is 6.84. The molecule has 2 atom stereocenters. The second-order valence-electron chi connectivity index (χ2n) is 9.40. The van der Waals surface area contributed by atoms with Crippen LogP contribution in [0, 0.1) is 11.7 Å². The number of nitrogens with zero attached hydrogens (tertiary/aromatic N) is 2. The average molecular weight is 461 g/mol. The number of hydrogen-bond donors (Lipinski definition) is 0. The molecular formula is C24H29FN2O4S. The van der Waals surface area contributed by atoms with E-state index in [4.69, 9.17) is 4.42 Å². The molecule has 2 aliphatic carbocycles. The van der Waals surface area contributed by atoms with Crippen molar-refractivity contribution in [1.82, 2.24) is 9.21 Å². The molecule has 172 valence electrons. The molecule has 2 unspecified atom stereocenters. The highest BCUT2D eigenvalue weighted by Gasteiger charge is 2.38. The standard InChI is InChI=1S/C24H29FN2O4S/c1-16-13-20(16)22-10-8-19(31-22)15-27(18-6-7-18)24(28)17-5-9-21(25)23(14-17)32(29,30)26-11-3-2-4-12-26/h5,8-10,14,16,18,20H,2-4,6-7,11-13,15H2,1H3. The third kappa shape index (κ3) is 4.22. The minimum atomic E-state index is -3.97. The van der Waals surface area contributed by atoms with Crippen molar-refractivity contribution < 1.29 is 22.0 Å². The van der Waals surface area contributed by atoms with Crippen molar-refractivity contribution in [1.29, 1.82) is 0 Å². The molecule has 5 rings (SSSR count). The van der Waals surface area contributed by atoms with E-state index in [0.717, 1.165) is 56.1 Å². The van der Waals surface area contributed by atoms with Crippen LogP contribution >= 0.6 is 0 Å². The Kier molecular flexibility index (Phi) is 5.61. The molecule has 3 aliphatic rings. The van der Waals surface area contributed by atoms with Crippen LogP contribution in [-0.2, 0) is 16.6 Å². The Morgan fingerprint density at radius 3 is 2.53 bits per heavy atom. The van der Waals surface area contributed by atoms with Crippen molar-refractivity contribution in [3.63, 3.8) is 0 Å². The number of furan rings is 1. The number of benzene rings is 1. The Balaban J connectivity index is 1.38. The molecule has 1 aromatic heterocycles. The predicted molar refractivity (Wildman–Crippen MR) is 117 cm³/mol. The summed E-state index contributed by atoms with van der Waals surface area (Å²) in [5.74, 6) is 1.68. The Morgan fingerprint density at radius 2 is 1.88 bits per heavy atom. The number of halogens is 1. The summed E-state index contributed by atoms with van der Waals surface area (Å²) in [6.07, 6.45) is 5.43. The van der Waals surface area contributed by atoms with Crippen LogP contribution in [0.15, 0.2) is 39.6 Å². The summed E-state index contributed by atoms with van der Waals surface area (Å²) >= 11 is 0. The second kappa shape index (κ2) is 8.30. The number of carbonyl (C=O) groups excluding carboxylic acids is 1. The number of hydrogen-bond acceptors (Lipinski definition) is 4. The van der Waals surface area contributed by atoms with E-state index in [-0.39, 0.29) is 17.5 Å². The zero-order chi connectivity index (χ0) is 22.5. The first-order chi connectivity index (χ1) is 15.3. The highest BCUT2D eigenvalue weighted by molar-refractivity contribution is 7.89. The highest BCUT2D eigenvalue weighted by Crippen LogP contribution is 2.47. The smallest absolute Gasteiger partial charge is 0.254 e. The first-order valence-corrected chi connectivity index (χ1v) is 13.0. The molecule has 1 aliphatic heterocycles. The fraction of sp³-hybridized carbons (Fsp3) is 0.542. The summed E-state index contributed by atoms with van der Waals surface area (Å²) in [5, 5.41) is 0. The van der Waals surface area contributed by atoms with Gasteiger partial charge in [-0.15, -0.1) is 0 Å². The lowest BCUT2D eigenvalue weighted by Gasteiger charge is -2.26. The van der Waals surface area contributed by atoms with Crippen LogP contribution in [0.1, 0.15) is 73.2 Å². The highest BCUT2D eigenvalue weighted by atomic mass is 32.2. The van der Waals surface area contributed by atoms with E-state index in [1.807, 2.05) is 12.1 Å². The minimum absolute atomic E-state index is 0.100. The monoisotopic (exact) mass is 460 g/mol. The largest absolute Gasteiger partial charge is 0.464 e. The number of amides is 1. The number of sulfonamides is 1. The maximum Gasteiger partial charge on any atom is 0.254 e. The van der Waals surface area contributed by atoms with Gasteiger partial charge in [0.05, 0.1) is 6.54 Å². The van der Waals surface area contributed by atoms with Gasteiger partial charge in [-0.2, -0.15) is 4.31 Å². The lowest BCUT2D eigenvalue weighted by molar-refractivity contribution is 0.0716. The van der Waals surface area contributed by atoms with E-state index in [9.17, 15) is 17.6 Å². The lowest BCUT2D eigenvalue weighted by Crippen LogP contribution is -2.36. The van der Waals surface area contributed by atoms with Gasteiger partial charge in [0.25, 0.3) is 5.91 Å². The van der Waals surface area contributed by atoms with Crippen LogP contribution in [0.25, 0.3) is 0 Å². The van der Waals surface area contributed by atoms with Gasteiger partial charge in [-0.25, -0.2) is 12.8 Å². The SMILES string of the molecule is CC1CC1c1ccc(CN(C(=O)c2ccc(F)c(S(=O)(=O)N3CCCCC3)c2)C2CC2)o1. The molecule has 0 spiro atoms. The molecule has 0 radical (unpaired) electrons. The van der Waals surface area contributed by atoms with E-state index in [1.165, 1.54) is 16.4 Å². The minimum Gasteiger partial charge on any atom is -0.464 e. The lowest BCUT2D eigenvalue weighted by atomic mass is 10.2. The molecule has 1 amide bonds. The molecular weight excluding hydrogens is 431 g/mol. The summed E-state index contributed by atoms with van der Waals surface area (Å²) in [6, 6.07) is 7.68. The zero-order valence-electron chi connectivity index (χ0n) is 18.3. The van der Waals surface area contributed by atoms with Crippen LogP contribution in [0.4, 0.5) is 4.39 Å². The van der Waals surface area contributed by atoms with Crippen LogP contribution < -0.4 is 0 Å². The fourth-order valence-corrected chi connectivity index (χ4v) is 6.17. The third-order valence-corrected chi connectivity index (χ3v) is 8.76. The van der Waals surface area contributed by atoms with Crippen molar-refractivity contribution in [2.45, 2.75) is 68.8 Å². The Hall–Kier alpha value is -2.19. The molecule has 2 heterocycles. The van der Waals surface area contributed by atoms with Crippen LogP contribution in [0.5, 0.6) is 0 Å². The van der Waals surface area contributed by atoms with Gasteiger partial charge in [-0.1, -0.05) is 13.3 Å². The van der Waals surface area contributed by atoms with E-state index < -0.39 is 20.7 Å². The molecule has 1 saturated heterocycles.